The Labute approximate surface area is 152 Å². The first kappa shape index (κ1) is 14.3. The van der Waals surface area contributed by atoms with Gasteiger partial charge in [0.1, 0.15) is 0 Å². The SMILES string of the molecule is CCC1=CC2c3ccc4c5c3=C(CCC=5C3SC(CC)=CC43)C2S1. The lowest BCUT2D eigenvalue weighted by Gasteiger charge is -2.20. The third-order valence-corrected chi connectivity index (χ3v) is 9.74. The fourth-order valence-electron chi connectivity index (χ4n) is 5.58. The predicted octanol–water partition coefficient (Wildman–Crippen LogP) is 4.79. The normalized spacial score (nSPS) is 34.2. The number of thioether (sulfide) groups is 2. The quantitative estimate of drug-likeness (QED) is 0.752. The van der Waals surface area contributed by atoms with E-state index in [9.17, 15) is 0 Å². The largest absolute Gasteiger partial charge is 0.122 e. The van der Waals surface area contributed by atoms with E-state index in [2.05, 4.69) is 61.7 Å². The maximum atomic E-state index is 2.58. The lowest BCUT2D eigenvalue weighted by Crippen LogP contribution is -2.34. The average Bonchev–Trinajstić information content (AvgIpc) is 3.32. The first-order chi connectivity index (χ1) is 11.8. The van der Waals surface area contributed by atoms with Crippen LogP contribution in [0.2, 0.25) is 0 Å². The summed E-state index contributed by atoms with van der Waals surface area (Å²) in [4.78, 5) is 3.22. The summed E-state index contributed by atoms with van der Waals surface area (Å²) in [7, 11) is 0. The van der Waals surface area contributed by atoms with Gasteiger partial charge in [0.05, 0.1) is 0 Å². The van der Waals surface area contributed by atoms with Gasteiger partial charge in [-0.3, -0.25) is 0 Å². The van der Waals surface area contributed by atoms with Gasteiger partial charge in [-0.25, -0.2) is 0 Å². The molecule has 6 rings (SSSR count). The summed E-state index contributed by atoms with van der Waals surface area (Å²) >= 11 is 4.33. The molecular weight excluding hydrogens is 328 g/mol. The zero-order chi connectivity index (χ0) is 16.0. The van der Waals surface area contributed by atoms with Crippen molar-refractivity contribution < 1.29 is 0 Å². The minimum atomic E-state index is 0.662. The van der Waals surface area contributed by atoms with E-state index in [1.54, 1.807) is 42.5 Å². The molecule has 4 unspecified atom stereocenters. The summed E-state index contributed by atoms with van der Waals surface area (Å²) in [6, 6.07) is 4.98. The Kier molecular flexibility index (Phi) is 2.90. The number of hydrogen-bond donors (Lipinski definition) is 0. The van der Waals surface area contributed by atoms with Crippen LogP contribution in [0.5, 0.6) is 0 Å². The first-order valence-electron chi connectivity index (χ1n) is 9.43. The van der Waals surface area contributed by atoms with Crippen LogP contribution in [0.3, 0.4) is 0 Å². The highest BCUT2D eigenvalue weighted by atomic mass is 32.2. The number of benzene rings is 1. The van der Waals surface area contributed by atoms with Gasteiger partial charge >= 0.3 is 0 Å². The molecule has 4 atom stereocenters. The second-order valence-corrected chi connectivity index (χ2v) is 10.2. The van der Waals surface area contributed by atoms with Gasteiger partial charge < -0.3 is 0 Å². The summed E-state index contributed by atoms with van der Waals surface area (Å²) in [6.07, 6.45) is 10.2. The summed E-state index contributed by atoms with van der Waals surface area (Å²) in [5.41, 5.74) is 6.85. The Balaban J connectivity index is 1.61. The molecule has 3 aliphatic carbocycles. The lowest BCUT2D eigenvalue weighted by molar-refractivity contribution is 0.877. The minimum Gasteiger partial charge on any atom is -0.122 e. The van der Waals surface area contributed by atoms with Crippen molar-refractivity contribution in [1.82, 2.24) is 0 Å². The molecule has 0 radical (unpaired) electrons. The Bertz CT molecular complexity index is 883. The highest BCUT2D eigenvalue weighted by Crippen LogP contribution is 2.54. The molecule has 2 heterocycles. The van der Waals surface area contributed by atoms with Crippen molar-refractivity contribution in [1.29, 1.82) is 0 Å². The van der Waals surface area contributed by atoms with Gasteiger partial charge in [0.15, 0.2) is 0 Å². The molecule has 2 heteroatoms. The van der Waals surface area contributed by atoms with Crippen molar-refractivity contribution in [2.24, 2.45) is 0 Å². The molecule has 24 heavy (non-hydrogen) atoms. The predicted molar refractivity (Wildman–Crippen MR) is 107 cm³/mol. The average molecular weight is 351 g/mol. The van der Waals surface area contributed by atoms with Crippen LogP contribution in [0.25, 0.3) is 11.1 Å². The van der Waals surface area contributed by atoms with E-state index in [1.165, 1.54) is 25.7 Å². The molecule has 1 aromatic rings. The van der Waals surface area contributed by atoms with Crippen molar-refractivity contribution in [2.75, 3.05) is 0 Å². The van der Waals surface area contributed by atoms with E-state index in [0.29, 0.717) is 11.8 Å². The van der Waals surface area contributed by atoms with Crippen LogP contribution in [0.1, 0.15) is 62.5 Å². The number of allylic oxidation sites excluding steroid dienone is 4. The molecule has 122 valence electrons. The Morgan fingerprint density at radius 1 is 0.792 bits per heavy atom. The highest BCUT2D eigenvalue weighted by molar-refractivity contribution is 8.04. The van der Waals surface area contributed by atoms with E-state index in [4.69, 9.17) is 0 Å². The number of rotatable bonds is 2. The lowest BCUT2D eigenvalue weighted by atomic mass is 9.94. The van der Waals surface area contributed by atoms with Crippen molar-refractivity contribution in [2.45, 2.75) is 61.9 Å². The summed E-state index contributed by atoms with van der Waals surface area (Å²) in [5, 5.41) is 4.84. The van der Waals surface area contributed by atoms with Gasteiger partial charge in [0.25, 0.3) is 0 Å². The van der Waals surface area contributed by atoms with Crippen LogP contribution < -0.4 is 10.4 Å². The minimum absolute atomic E-state index is 0.662. The molecule has 0 saturated carbocycles. The molecule has 0 aromatic heterocycles. The smallest absolute Gasteiger partial charge is 0.0413 e. The molecule has 0 nitrogen and oxygen atoms in total. The van der Waals surface area contributed by atoms with Gasteiger partial charge in [-0.15, -0.1) is 23.5 Å². The van der Waals surface area contributed by atoms with Crippen LogP contribution >= 0.6 is 23.5 Å². The van der Waals surface area contributed by atoms with Gasteiger partial charge in [0, 0.05) is 22.3 Å². The maximum Gasteiger partial charge on any atom is 0.0413 e. The highest BCUT2D eigenvalue weighted by Gasteiger charge is 2.44. The monoisotopic (exact) mass is 350 g/mol. The fraction of sp³-hybridized carbons (Fsp3) is 0.455. The van der Waals surface area contributed by atoms with Gasteiger partial charge in [-0.05, 0) is 68.2 Å². The summed E-state index contributed by atoms with van der Waals surface area (Å²) in [6.45, 7) is 4.61. The molecule has 0 N–H and O–H groups in total. The van der Waals surface area contributed by atoms with Crippen molar-refractivity contribution in [3.63, 3.8) is 0 Å². The summed E-state index contributed by atoms with van der Waals surface area (Å²) < 4.78 is 0. The molecule has 0 spiro atoms. The fourth-order valence-corrected chi connectivity index (χ4v) is 8.52. The molecule has 0 amide bonds. The van der Waals surface area contributed by atoms with Crippen LogP contribution in [-0.4, -0.2) is 10.5 Å². The van der Waals surface area contributed by atoms with E-state index >= 15 is 0 Å². The molecule has 0 bridgehead atoms. The second kappa shape index (κ2) is 4.86. The zero-order valence-electron chi connectivity index (χ0n) is 14.3. The van der Waals surface area contributed by atoms with Crippen LogP contribution in [0.4, 0.5) is 0 Å². The number of hydrogen-bond acceptors (Lipinski definition) is 2. The Morgan fingerprint density at radius 3 is 1.67 bits per heavy atom. The van der Waals surface area contributed by atoms with Crippen molar-refractivity contribution in [3.8, 4) is 0 Å². The topological polar surface area (TPSA) is 0 Å². The Morgan fingerprint density at radius 2 is 1.25 bits per heavy atom. The van der Waals surface area contributed by atoms with E-state index in [1.807, 2.05) is 0 Å². The second-order valence-electron chi connectivity index (χ2n) is 7.65. The molecule has 2 aliphatic heterocycles. The van der Waals surface area contributed by atoms with Crippen LogP contribution in [0.15, 0.2) is 34.1 Å². The van der Waals surface area contributed by atoms with E-state index in [-0.39, 0.29) is 0 Å². The van der Waals surface area contributed by atoms with E-state index in [0.717, 1.165) is 10.5 Å². The zero-order valence-corrected chi connectivity index (χ0v) is 15.9. The van der Waals surface area contributed by atoms with Crippen molar-refractivity contribution >= 4 is 34.7 Å². The van der Waals surface area contributed by atoms with Gasteiger partial charge in [0.2, 0.25) is 0 Å². The number of fused-ring (bicyclic) bond motifs is 6. The van der Waals surface area contributed by atoms with Crippen molar-refractivity contribution in [3.05, 3.63) is 55.7 Å². The van der Waals surface area contributed by atoms with E-state index < -0.39 is 0 Å². The summed E-state index contributed by atoms with van der Waals surface area (Å²) in [5.74, 6) is 1.32. The molecule has 0 fully saturated rings. The molecule has 5 aliphatic rings. The third-order valence-electron chi connectivity index (χ3n) is 6.62. The van der Waals surface area contributed by atoms with Crippen LogP contribution in [0, 0.1) is 0 Å². The molecule has 0 saturated heterocycles. The standard InChI is InChI=1S/C22H22S2/c1-3-11-9-17-13-5-6-14-18-10-12(4-2)24-22(18)16-8-7-15(21(17)23-11)19(13)20(14)16/h5-6,9-10,17-18,21-22H,3-4,7-8H2,1-2H3. The van der Waals surface area contributed by atoms with Crippen LogP contribution in [-0.2, 0) is 0 Å². The van der Waals surface area contributed by atoms with Gasteiger partial charge in [-0.2, -0.15) is 0 Å². The molecule has 1 aromatic carbocycles. The Hall–Kier alpha value is -0.860. The third kappa shape index (κ3) is 1.60. The first-order valence-corrected chi connectivity index (χ1v) is 11.2. The maximum absolute atomic E-state index is 2.58. The molecular formula is C22H22S2. The van der Waals surface area contributed by atoms with Gasteiger partial charge in [-0.1, -0.05) is 38.1 Å².